The van der Waals surface area contributed by atoms with Crippen molar-refractivity contribution in [3.8, 4) is 11.5 Å². The number of allylic oxidation sites excluding steroid dienone is 3. The molecule has 3 aliphatic rings. The predicted octanol–water partition coefficient (Wildman–Crippen LogP) is 7.41. The van der Waals surface area contributed by atoms with Crippen molar-refractivity contribution in [3.63, 3.8) is 0 Å². The number of H-pyrrole nitrogens is 1. The van der Waals surface area contributed by atoms with Gasteiger partial charge in [-0.2, -0.15) is 0 Å². The van der Waals surface area contributed by atoms with Gasteiger partial charge in [0.2, 0.25) is 5.70 Å². The maximum Gasteiger partial charge on any atom is 0.352 e. The number of aliphatic imine (C=N–C) groups is 2. The highest BCUT2D eigenvalue weighted by Gasteiger charge is 2.38. The molecule has 0 saturated carbocycles. The van der Waals surface area contributed by atoms with E-state index in [0.29, 0.717) is 133 Å². The number of aromatic nitrogens is 1. The third-order valence-corrected chi connectivity index (χ3v) is 12.0. The summed E-state index contributed by atoms with van der Waals surface area (Å²) in [4.78, 5) is 26.8. The van der Waals surface area contributed by atoms with Crippen LogP contribution in [0, 0.1) is 0 Å². The number of aliphatic hydroxyl groups is 2. The van der Waals surface area contributed by atoms with Crippen LogP contribution in [0.5, 0.6) is 11.5 Å². The summed E-state index contributed by atoms with van der Waals surface area (Å²) >= 11 is 0. The van der Waals surface area contributed by atoms with Gasteiger partial charge in [0.05, 0.1) is 96.6 Å². The lowest BCUT2D eigenvalue weighted by atomic mass is 9.93. The summed E-state index contributed by atoms with van der Waals surface area (Å²) in [5.41, 5.74) is 11.8. The zero-order valence-electron chi connectivity index (χ0n) is 42.1. The second-order valence-corrected chi connectivity index (χ2v) is 16.6. The highest BCUT2D eigenvalue weighted by molar-refractivity contribution is 6.39. The molecule has 4 heterocycles. The van der Waals surface area contributed by atoms with Crippen molar-refractivity contribution >= 4 is 41.2 Å². The summed E-state index contributed by atoms with van der Waals surface area (Å²) in [6.07, 6.45) is 10.3. The number of nitrogens with zero attached hydrogens (tertiary/aromatic N) is 4. The Morgan fingerprint density at radius 3 is 1.93 bits per heavy atom. The number of esters is 1. The molecule has 0 fully saturated rings. The quantitative estimate of drug-likeness (QED) is 0.0331. The number of fused-ring (bicyclic) bond motifs is 6. The molecule has 0 radical (unpaired) electrons. The third-order valence-electron chi connectivity index (χ3n) is 12.0. The average molecular weight is 962 g/mol. The number of nitrogens with one attached hydrogen (secondary N) is 1. The Morgan fingerprint density at radius 1 is 0.768 bits per heavy atom. The number of carbonyl (C=O) groups excluding carboxylic acids is 1. The van der Waals surface area contributed by atoms with Gasteiger partial charge in [0, 0.05) is 75.5 Å². The van der Waals surface area contributed by atoms with Crippen LogP contribution in [0.4, 0.5) is 11.4 Å². The van der Waals surface area contributed by atoms with E-state index in [2.05, 4.69) is 31.8 Å². The number of hydrogen-bond donors (Lipinski definition) is 3. The van der Waals surface area contributed by atoms with Crippen LogP contribution in [0.1, 0.15) is 89.7 Å². The second kappa shape index (κ2) is 29.3. The predicted molar refractivity (Wildman–Crippen MR) is 267 cm³/mol. The fourth-order valence-corrected chi connectivity index (χ4v) is 8.63. The first-order valence-corrected chi connectivity index (χ1v) is 24.2. The molecule has 1 aromatic carbocycles. The number of aromatic amines is 1. The molecule has 69 heavy (non-hydrogen) atoms. The van der Waals surface area contributed by atoms with Crippen LogP contribution < -0.4 is 9.47 Å². The van der Waals surface area contributed by atoms with Crippen LogP contribution in [-0.4, -0.2) is 156 Å². The largest absolute Gasteiger partial charge is 0.657 e. The monoisotopic (exact) mass is 962 g/mol. The Bertz CT molecular complexity index is 2240. The minimum absolute atomic E-state index is 0.00357. The van der Waals surface area contributed by atoms with E-state index in [1.54, 1.807) is 45.7 Å². The van der Waals surface area contributed by atoms with Crippen molar-refractivity contribution in [2.45, 2.75) is 92.5 Å². The number of ether oxygens (including phenoxy) is 9. The van der Waals surface area contributed by atoms with Crippen molar-refractivity contribution in [2.24, 2.45) is 9.98 Å². The maximum atomic E-state index is 12.6. The summed E-state index contributed by atoms with van der Waals surface area (Å²) in [7, 11) is 3.26. The van der Waals surface area contributed by atoms with Gasteiger partial charge in [-0.3, -0.25) is 14.8 Å². The summed E-state index contributed by atoms with van der Waals surface area (Å²) in [6.45, 7) is 16.3. The Labute approximate surface area is 407 Å². The normalized spacial score (nSPS) is 17.3. The van der Waals surface area contributed by atoms with E-state index in [-0.39, 0.29) is 32.5 Å². The molecule has 3 aliphatic heterocycles. The molecule has 1 atom stereocenters. The number of carbonyl (C=O) groups is 1. The van der Waals surface area contributed by atoms with Crippen LogP contribution >= 0.6 is 0 Å². The highest BCUT2D eigenvalue weighted by atomic mass is 16.6. The molecule has 3 N–H and O–H groups in total. The lowest BCUT2D eigenvalue weighted by molar-refractivity contribution is -0.416. The van der Waals surface area contributed by atoms with Gasteiger partial charge in [-0.25, -0.2) is 0 Å². The lowest BCUT2D eigenvalue weighted by Crippen LogP contribution is -2.20. The minimum Gasteiger partial charge on any atom is -0.657 e. The number of hydrogen-bond acceptors (Lipinski definition) is 14. The summed E-state index contributed by atoms with van der Waals surface area (Å²) in [6, 6.07) is 3.42. The molecule has 380 valence electrons. The zero-order chi connectivity index (χ0) is 49.5. The van der Waals surface area contributed by atoms with E-state index in [9.17, 15) is 15.0 Å². The first-order chi connectivity index (χ1) is 33.6. The van der Waals surface area contributed by atoms with Gasteiger partial charge in [-0.15, -0.1) is 16.5 Å². The highest BCUT2D eigenvalue weighted by Crippen LogP contribution is 2.45. The van der Waals surface area contributed by atoms with Crippen molar-refractivity contribution < 1.29 is 62.2 Å². The molecule has 6 bridgehead atoms. The van der Waals surface area contributed by atoms with E-state index in [1.807, 2.05) is 11.5 Å². The van der Waals surface area contributed by atoms with Crippen LogP contribution in [0.2, 0.25) is 0 Å². The Balaban J connectivity index is 1.65. The Hall–Kier alpha value is -4.98. The van der Waals surface area contributed by atoms with Crippen molar-refractivity contribution in [3.05, 3.63) is 79.9 Å². The first kappa shape index (κ1) is 55.0. The second-order valence-electron chi connectivity index (χ2n) is 16.6. The van der Waals surface area contributed by atoms with Crippen LogP contribution in [0.15, 0.2) is 62.0 Å². The molecule has 17 heteroatoms. The van der Waals surface area contributed by atoms with E-state index in [1.165, 1.54) is 18.1 Å². The topological polar surface area (TPSA) is 198 Å². The van der Waals surface area contributed by atoms with Gasteiger partial charge >= 0.3 is 11.9 Å². The fraction of sp³-hybridized carbons (Fsp3) is 0.577. The Morgan fingerprint density at radius 2 is 1.35 bits per heavy atom. The van der Waals surface area contributed by atoms with E-state index in [4.69, 9.17) is 57.9 Å². The molecular formula is C52H75N5O12. The van der Waals surface area contributed by atoms with Gasteiger partial charge in [-0.05, 0) is 80.7 Å². The molecule has 17 nitrogen and oxygen atoms in total. The molecule has 0 spiro atoms. The SMILES string of the molecule is CCc1c2[nH]c(c1CC)CC1N=C(C=Nc3cc(OCCOCCOCCOC)c(OCCOCCOCCOC)cc3[N-]C=C3C(C)=C(CCCO)/C(=C/2)[N+]3=C(C)OC(C)=O)C(C)=C1CCCO. The molecule has 0 saturated heterocycles. The lowest BCUT2D eigenvalue weighted by Gasteiger charge is -2.23. The first-order valence-electron chi connectivity index (χ1n) is 24.2. The average Bonchev–Trinajstić information content (AvgIpc) is 3.92. The molecule has 2 aromatic rings. The van der Waals surface area contributed by atoms with Crippen molar-refractivity contribution in [1.82, 2.24) is 4.98 Å². The summed E-state index contributed by atoms with van der Waals surface area (Å²) in [5, 5.41) is 25.2. The van der Waals surface area contributed by atoms with E-state index in [0.717, 1.165) is 57.9 Å². The van der Waals surface area contributed by atoms with Gasteiger partial charge < -0.3 is 63.1 Å². The zero-order valence-corrected chi connectivity index (χ0v) is 42.1. The van der Waals surface area contributed by atoms with Gasteiger partial charge in [0.1, 0.15) is 13.2 Å². The molecule has 1 aromatic heterocycles. The summed E-state index contributed by atoms with van der Waals surface area (Å²) < 4.78 is 53.3. The molecule has 0 amide bonds. The molecule has 1 unspecified atom stereocenters. The molecule has 5 rings (SSSR count). The van der Waals surface area contributed by atoms with Crippen LogP contribution in [-0.2, 0) is 57.2 Å². The minimum atomic E-state index is -0.457. The fourth-order valence-electron chi connectivity index (χ4n) is 8.63. The van der Waals surface area contributed by atoms with Gasteiger partial charge in [-0.1, -0.05) is 13.8 Å². The third kappa shape index (κ3) is 15.5. The van der Waals surface area contributed by atoms with E-state index >= 15 is 0 Å². The summed E-state index contributed by atoms with van der Waals surface area (Å²) in [5.74, 6) is 0.748. The van der Waals surface area contributed by atoms with Crippen molar-refractivity contribution in [1.29, 1.82) is 0 Å². The van der Waals surface area contributed by atoms with Crippen LogP contribution in [0.3, 0.4) is 0 Å². The van der Waals surface area contributed by atoms with Gasteiger partial charge in [0.25, 0.3) is 0 Å². The number of benzene rings is 1. The number of rotatable bonds is 28. The van der Waals surface area contributed by atoms with Crippen LogP contribution in [0.25, 0.3) is 11.4 Å². The Kier molecular flexibility index (Phi) is 23.3. The number of aliphatic hydroxyl groups excluding tert-OH is 2. The smallest absolute Gasteiger partial charge is 0.352 e. The van der Waals surface area contributed by atoms with Crippen molar-refractivity contribution in [2.75, 3.05) is 107 Å². The number of methoxy groups -OCH3 is 2. The van der Waals surface area contributed by atoms with E-state index < -0.39 is 5.97 Å². The van der Waals surface area contributed by atoms with Gasteiger partial charge in [0.15, 0.2) is 17.2 Å². The molecule has 0 aliphatic carbocycles. The standard InChI is InChI=1S/C52H75N5O12/c1-9-39-40(10-2)45-30-49-42(14-12-16-59)36(4)50(57(49)37(5)69-38(6)60)34-54-47-32-52(68-28-26-66-24-22-64-20-18-62-8)51(67-27-25-65-23-21-63-19-17-61-7)31-46(47)53-33-48-35(3)41(13-11-15-58)44(56-48)29-43(39)55-45/h30-34,44,58-59H,9-29H2,1-8H3,(H-,53,54,55,56). The molecular weight excluding hydrogens is 887 g/mol. The maximum absolute atomic E-state index is 12.6.